The summed E-state index contributed by atoms with van der Waals surface area (Å²) >= 11 is 0. The van der Waals surface area contributed by atoms with Crippen molar-refractivity contribution in [1.82, 2.24) is 9.97 Å². The number of hydrogen-bond donors (Lipinski definition) is 0. The van der Waals surface area contributed by atoms with Gasteiger partial charge in [-0.2, -0.15) is 5.26 Å². The van der Waals surface area contributed by atoms with Crippen LogP contribution >= 0.6 is 0 Å². The maximum Gasteiger partial charge on any atom is 0.136 e. The molecule has 0 N–H and O–H groups in total. The van der Waals surface area contributed by atoms with Crippen LogP contribution in [0.1, 0.15) is 5.56 Å². The van der Waals surface area contributed by atoms with E-state index >= 15 is 0 Å². The molecule has 0 unspecified atom stereocenters. The zero-order valence-electron chi connectivity index (χ0n) is 29.5. The topological polar surface area (TPSA) is 58.8 Å². The average Bonchev–Trinajstić information content (AvgIpc) is 3.26. The summed E-state index contributed by atoms with van der Waals surface area (Å²) in [4.78, 5) is 9.35. The molecular weight excluding hydrogens is 671 g/mol. The molecule has 0 amide bonds. The van der Waals surface area contributed by atoms with E-state index < -0.39 is 0 Å². The van der Waals surface area contributed by atoms with Crippen LogP contribution in [0.25, 0.3) is 99.0 Å². The first kappa shape index (κ1) is 31.0. The zero-order valence-corrected chi connectivity index (χ0v) is 29.5. The van der Waals surface area contributed by atoms with Gasteiger partial charge in [0.15, 0.2) is 0 Å². The minimum Gasteiger partial charge on any atom is -0.456 e. The highest BCUT2D eigenvalue weighted by molar-refractivity contribution is 6.23. The number of pyridine rings is 2. The average molecular weight is 700 g/mol. The van der Waals surface area contributed by atoms with E-state index in [0.29, 0.717) is 5.56 Å². The molecule has 0 spiro atoms. The van der Waals surface area contributed by atoms with E-state index in [-0.39, 0.29) is 0 Å². The predicted molar refractivity (Wildman–Crippen MR) is 224 cm³/mol. The molecule has 0 fully saturated rings. The molecule has 4 heteroatoms. The Bertz CT molecular complexity index is 3230. The Balaban J connectivity index is 1.05. The minimum absolute atomic E-state index is 0.587. The van der Waals surface area contributed by atoms with Crippen LogP contribution in [0.4, 0.5) is 0 Å². The molecule has 1 aliphatic rings. The van der Waals surface area contributed by atoms with E-state index in [2.05, 4.69) is 132 Å². The molecule has 0 aliphatic carbocycles. The summed E-state index contributed by atoms with van der Waals surface area (Å²) in [5.74, 6) is 1.53. The van der Waals surface area contributed by atoms with Gasteiger partial charge in [0.25, 0.3) is 0 Å². The largest absolute Gasteiger partial charge is 0.456 e. The Labute approximate surface area is 317 Å². The molecule has 55 heavy (non-hydrogen) atoms. The Morgan fingerprint density at radius 3 is 1.75 bits per heavy atom. The highest BCUT2D eigenvalue weighted by atomic mass is 16.5. The van der Waals surface area contributed by atoms with Gasteiger partial charge in [-0.25, -0.2) is 4.98 Å². The molecule has 254 valence electrons. The van der Waals surface area contributed by atoms with Gasteiger partial charge in [-0.05, 0) is 126 Å². The van der Waals surface area contributed by atoms with Gasteiger partial charge in [0.05, 0.1) is 23.0 Å². The number of hydrogen-bond acceptors (Lipinski definition) is 4. The lowest BCUT2D eigenvalue weighted by Gasteiger charge is -2.22. The van der Waals surface area contributed by atoms with Gasteiger partial charge >= 0.3 is 0 Å². The van der Waals surface area contributed by atoms with Gasteiger partial charge in [-0.3, -0.25) is 4.98 Å². The summed E-state index contributed by atoms with van der Waals surface area (Å²) in [6.45, 7) is 0. The van der Waals surface area contributed by atoms with Crippen molar-refractivity contribution in [3.63, 3.8) is 0 Å². The lowest BCUT2D eigenvalue weighted by atomic mass is 9.87. The standard InChI is InChI=1S/C51H29N3O/c52-30-31-15-20-40-42-22-21-35(41-11-5-14-49(51(41)42)55-50(40)27-31)32-16-18-33(19-17-32)43-28-44-38-9-3-4-10-39(38)46(29-45(44)37-8-2-1-7-36(37)43)48-13-6-12-47(54-48)34-23-25-53-26-24-34/h1-29H. The summed E-state index contributed by atoms with van der Waals surface area (Å²) in [6, 6.07) is 59.9. The van der Waals surface area contributed by atoms with Crippen LogP contribution < -0.4 is 4.74 Å². The fourth-order valence-electron chi connectivity index (χ4n) is 8.45. The second kappa shape index (κ2) is 12.2. The zero-order chi connectivity index (χ0) is 36.5. The molecule has 2 aromatic heterocycles. The number of rotatable bonds is 4. The minimum atomic E-state index is 0.587. The smallest absolute Gasteiger partial charge is 0.136 e. The Morgan fingerprint density at radius 2 is 1.00 bits per heavy atom. The summed E-state index contributed by atoms with van der Waals surface area (Å²) in [5, 5.41) is 18.9. The lowest BCUT2D eigenvalue weighted by molar-refractivity contribution is 0.487. The van der Waals surface area contributed by atoms with Crippen LogP contribution in [-0.2, 0) is 0 Å². The second-order valence-electron chi connectivity index (χ2n) is 14.0. The molecule has 0 saturated heterocycles. The van der Waals surface area contributed by atoms with Crippen LogP contribution in [0.5, 0.6) is 11.5 Å². The fourth-order valence-corrected chi connectivity index (χ4v) is 8.45. The van der Waals surface area contributed by atoms with Gasteiger partial charge in [0.2, 0.25) is 0 Å². The fraction of sp³-hybridized carbons (Fsp3) is 0. The van der Waals surface area contributed by atoms with E-state index in [4.69, 9.17) is 9.72 Å². The van der Waals surface area contributed by atoms with Crippen molar-refractivity contribution >= 4 is 43.1 Å². The number of nitriles is 1. The third kappa shape index (κ3) is 4.91. The van der Waals surface area contributed by atoms with Crippen LogP contribution in [-0.4, -0.2) is 9.97 Å². The third-order valence-corrected chi connectivity index (χ3v) is 11.0. The first-order chi connectivity index (χ1) is 27.2. The van der Waals surface area contributed by atoms with Crippen molar-refractivity contribution in [2.24, 2.45) is 0 Å². The molecule has 11 rings (SSSR count). The van der Waals surface area contributed by atoms with E-state index in [0.717, 1.165) is 72.6 Å². The highest BCUT2D eigenvalue weighted by Gasteiger charge is 2.22. The normalized spacial score (nSPS) is 11.8. The maximum absolute atomic E-state index is 9.46. The summed E-state index contributed by atoms with van der Waals surface area (Å²) < 4.78 is 6.37. The van der Waals surface area contributed by atoms with Crippen LogP contribution in [0.3, 0.4) is 0 Å². The number of nitrogens with zero attached hydrogens (tertiary/aromatic N) is 3. The third-order valence-electron chi connectivity index (χ3n) is 11.0. The number of ether oxygens (including phenoxy) is 1. The van der Waals surface area contributed by atoms with Crippen molar-refractivity contribution in [3.05, 3.63) is 182 Å². The summed E-state index contributed by atoms with van der Waals surface area (Å²) in [5.41, 5.74) is 11.4. The van der Waals surface area contributed by atoms with Gasteiger partial charge in [0.1, 0.15) is 11.5 Å². The molecule has 0 atom stereocenters. The van der Waals surface area contributed by atoms with Crippen molar-refractivity contribution in [2.45, 2.75) is 0 Å². The van der Waals surface area contributed by atoms with Gasteiger partial charge in [-0.15, -0.1) is 0 Å². The Morgan fingerprint density at radius 1 is 0.400 bits per heavy atom. The van der Waals surface area contributed by atoms with Crippen molar-refractivity contribution < 1.29 is 4.74 Å². The van der Waals surface area contributed by atoms with E-state index in [1.807, 2.05) is 54.9 Å². The van der Waals surface area contributed by atoms with Crippen LogP contribution in [0.2, 0.25) is 0 Å². The molecule has 0 bridgehead atoms. The Kier molecular flexibility index (Phi) is 6.89. The Hall–Kier alpha value is -7.61. The predicted octanol–water partition coefficient (Wildman–Crippen LogP) is 13.4. The SMILES string of the molecule is N#Cc1ccc2c(c1)Oc1cccc3c(-c4ccc(-c5cc6c7ccccc7c(-c7cccc(-c8ccncc8)n7)cc6c6ccccc56)cc4)ccc-2c13. The van der Waals surface area contributed by atoms with Crippen molar-refractivity contribution in [3.8, 4) is 73.5 Å². The molecule has 10 aromatic rings. The quantitative estimate of drug-likeness (QED) is 0.172. The van der Waals surface area contributed by atoms with E-state index in [1.165, 1.54) is 37.9 Å². The summed E-state index contributed by atoms with van der Waals surface area (Å²) in [7, 11) is 0. The lowest BCUT2D eigenvalue weighted by Crippen LogP contribution is -1.98. The highest BCUT2D eigenvalue weighted by Crippen LogP contribution is 2.49. The van der Waals surface area contributed by atoms with Gasteiger partial charge in [-0.1, -0.05) is 103 Å². The molecule has 3 heterocycles. The molecule has 0 radical (unpaired) electrons. The van der Waals surface area contributed by atoms with Gasteiger partial charge in [0, 0.05) is 34.5 Å². The number of benzene rings is 8. The van der Waals surface area contributed by atoms with Crippen molar-refractivity contribution in [2.75, 3.05) is 0 Å². The van der Waals surface area contributed by atoms with Crippen molar-refractivity contribution in [1.29, 1.82) is 5.26 Å². The monoisotopic (exact) mass is 699 g/mol. The van der Waals surface area contributed by atoms with Crippen LogP contribution in [0, 0.1) is 11.3 Å². The second-order valence-corrected chi connectivity index (χ2v) is 14.0. The molecule has 0 saturated carbocycles. The first-order valence-corrected chi connectivity index (χ1v) is 18.4. The molecule has 8 aromatic carbocycles. The van der Waals surface area contributed by atoms with Gasteiger partial charge < -0.3 is 4.74 Å². The number of aromatic nitrogens is 2. The van der Waals surface area contributed by atoms with E-state index in [1.54, 1.807) is 0 Å². The maximum atomic E-state index is 9.46. The molecular formula is C51H29N3O. The first-order valence-electron chi connectivity index (χ1n) is 18.4. The molecule has 4 nitrogen and oxygen atoms in total. The van der Waals surface area contributed by atoms with Crippen LogP contribution in [0.15, 0.2) is 176 Å². The molecule has 1 aliphatic heterocycles. The van der Waals surface area contributed by atoms with E-state index in [9.17, 15) is 5.26 Å². The number of fused-ring (bicyclic) bond motifs is 7. The summed E-state index contributed by atoms with van der Waals surface area (Å²) in [6.07, 6.45) is 3.62.